The zero-order valence-electron chi connectivity index (χ0n) is 12.4. The number of nitrogens with two attached hydrogens (primary N) is 1. The van der Waals surface area contributed by atoms with E-state index in [9.17, 15) is 12.8 Å². The Balaban J connectivity index is 2.33. The maximum Gasteiger partial charge on any atom is 0.243 e. The van der Waals surface area contributed by atoms with Gasteiger partial charge >= 0.3 is 0 Å². The standard InChI is InChI=1S/C14H22FN3O2S/c1-3-17-7-8-18(10-11(17)2)21(19,20)14-6-4-5-13(15)12(14)9-16/h4-6,11H,3,7-10,16H2,1-2H3. The summed E-state index contributed by atoms with van der Waals surface area (Å²) in [4.78, 5) is 2.21. The molecule has 0 spiro atoms. The molecule has 0 radical (unpaired) electrons. The van der Waals surface area contributed by atoms with Gasteiger partial charge in [-0.1, -0.05) is 13.0 Å². The summed E-state index contributed by atoms with van der Waals surface area (Å²) in [7, 11) is -3.71. The van der Waals surface area contributed by atoms with E-state index >= 15 is 0 Å². The van der Waals surface area contributed by atoms with Crippen molar-refractivity contribution in [3.05, 3.63) is 29.6 Å². The monoisotopic (exact) mass is 315 g/mol. The fraction of sp³-hybridized carbons (Fsp3) is 0.571. The van der Waals surface area contributed by atoms with Crippen LogP contribution in [0, 0.1) is 5.82 Å². The average molecular weight is 315 g/mol. The van der Waals surface area contributed by atoms with Crippen LogP contribution in [0.5, 0.6) is 0 Å². The van der Waals surface area contributed by atoms with E-state index in [1.54, 1.807) is 0 Å². The Labute approximate surface area is 125 Å². The molecule has 2 rings (SSSR count). The van der Waals surface area contributed by atoms with Crippen LogP contribution in [-0.2, 0) is 16.6 Å². The van der Waals surface area contributed by atoms with Crippen molar-refractivity contribution in [2.75, 3.05) is 26.2 Å². The number of nitrogens with zero attached hydrogens (tertiary/aromatic N) is 2. The first-order valence-electron chi connectivity index (χ1n) is 7.13. The van der Waals surface area contributed by atoms with Crippen LogP contribution in [0.25, 0.3) is 0 Å². The lowest BCUT2D eigenvalue weighted by Gasteiger charge is -2.38. The lowest BCUT2D eigenvalue weighted by molar-refractivity contribution is 0.135. The molecule has 1 aromatic carbocycles. The van der Waals surface area contributed by atoms with E-state index in [0.29, 0.717) is 19.6 Å². The van der Waals surface area contributed by atoms with Crippen molar-refractivity contribution in [1.82, 2.24) is 9.21 Å². The molecule has 1 heterocycles. The van der Waals surface area contributed by atoms with Crippen LogP contribution in [0.4, 0.5) is 4.39 Å². The van der Waals surface area contributed by atoms with Gasteiger partial charge < -0.3 is 5.73 Å². The van der Waals surface area contributed by atoms with Gasteiger partial charge in [0.2, 0.25) is 10.0 Å². The maximum atomic E-state index is 13.8. The molecule has 21 heavy (non-hydrogen) atoms. The molecule has 7 heteroatoms. The highest BCUT2D eigenvalue weighted by Crippen LogP contribution is 2.24. The molecule has 1 fully saturated rings. The van der Waals surface area contributed by atoms with Crippen molar-refractivity contribution in [1.29, 1.82) is 0 Å². The maximum absolute atomic E-state index is 13.8. The number of hydrogen-bond donors (Lipinski definition) is 1. The van der Waals surface area contributed by atoms with Crippen molar-refractivity contribution in [2.45, 2.75) is 31.3 Å². The van der Waals surface area contributed by atoms with Crippen LogP contribution in [0.1, 0.15) is 19.4 Å². The van der Waals surface area contributed by atoms with Crippen LogP contribution < -0.4 is 5.73 Å². The summed E-state index contributed by atoms with van der Waals surface area (Å²) in [5.41, 5.74) is 5.58. The molecular weight excluding hydrogens is 293 g/mol. The molecule has 0 amide bonds. The second-order valence-electron chi connectivity index (χ2n) is 5.26. The Bertz CT molecular complexity index is 606. The van der Waals surface area contributed by atoms with Gasteiger partial charge in [-0.15, -0.1) is 0 Å². The van der Waals surface area contributed by atoms with Crippen LogP contribution in [0.15, 0.2) is 23.1 Å². The van der Waals surface area contributed by atoms with Crippen molar-refractivity contribution < 1.29 is 12.8 Å². The van der Waals surface area contributed by atoms with Gasteiger partial charge in [-0.3, -0.25) is 4.90 Å². The van der Waals surface area contributed by atoms with Crippen molar-refractivity contribution in [2.24, 2.45) is 5.73 Å². The van der Waals surface area contributed by atoms with E-state index in [0.717, 1.165) is 6.54 Å². The smallest absolute Gasteiger partial charge is 0.243 e. The van der Waals surface area contributed by atoms with E-state index in [1.165, 1.54) is 22.5 Å². The first-order chi connectivity index (χ1) is 9.91. The van der Waals surface area contributed by atoms with Gasteiger partial charge in [0.05, 0.1) is 4.90 Å². The van der Waals surface area contributed by atoms with Crippen molar-refractivity contribution in [3.8, 4) is 0 Å². The third-order valence-corrected chi connectivity index (χ3v) is 5.98. The molecule has 0 bridgehead atoms. The highest BCUT2D eigenvalue weighted by atomic mass is 32.2. The SMILES string of the molecule is CCN1CCN(S(=O)(=O)c2cccc(F)c2CN)CC1C. The molecule has 1 unspecified atom stereocenters. The minimum Gasteiger partial charge on any atom is -0.326 e. The summed E-state index contributed by atoms with van der Waals surface area (Å²) >= 11 is 0. The van der Waals surface area contributed by atoms with Gasteiger partial charge in [-0.05, 0) is 25.6 Å². The molecular formula is C14H22FN3O2S. The first kappa shape index (κ1) is 16.4. The van der Waals surface area contributed by atoms with Crippen LogP contribution in [-0.4, -0.2) is 49.8 Å². The van der Waals surface area contributed by atoms with Crippen LogP contribution in [0.2, 0.25) is 0 Å². The molecule has 1 atom stereocenters. The molecule has 0 aliphatic carbocycles. The lowest BCUT2D eigenvalue weighted by atomic mass is 10.2. The van der Waals surface area contributed by atoms with Crippen LogP contribution in [0.3, 0.4) is 0 Å². The fourth-order valence-electron chi connectivity index (χ4n) is 2.77. The molecule has 2 N–H and O–H groups in total. The lowest BCUT2D eigenvalue weighted by Crippen LogP contribution is -2.53. The molecule has 1 aromatic rings. The third kappa shape index (κ3) is 3.11. The van der Waals surface area contributed by atoms with Crippen molar-refractivity contribution >= 4 is 10.0 Å². The summed E-state index contributed by atoms with van der Waals surface area (Å²) in [6, 6.07) is 4.22. The topological polar surface area (TPSA) is 66.6 Å². The Hall–Kier alpha value is -1.02. The summed E-state index contributed by atoms with van der Waals surface area (Å²) in [6.45, 7) is 6.33. The van der Waals surface area contributed by atoms with E-state index < -0.39 is 15.8 Å². The molecule has 1 aliphatic heterocycles. The highest BCUT2D eigenvalue weighted by Gasteiger charge is 2.33. The van der Waals surface area contributed by atoms with Crippen molar-refractivity contribution in [3.63, 3.8) is 0 Å². The van der Waals surface area contributed by atoms with Gasteiger partial charge in [0.1, 0.15) is 5.82 Å². The molecule has 0 saturated carbocycles. The number of benzene rings is 1. The van der Waals surface area contributed by atoms with E-state index in [4.69, 9.17) is 5.73 Å². The quantitative estimate of drug-likeness (QED) is 0.900. The summed E-state index contributed by atoms with van der Waals surface area (Å²) < 4.78 is 40.7. The minimum atomic E-state index is -3.71. The Morgan fingerprint density at radius 3 is 2.67 bits per heavy atom. The predicted molar refractivity (Wildman–Crippen MR) is 79.8 cm³/mol. The van der Waals surface area contributed by atoms with Gasteiger partial charge in [-0.25, -0.2) is 12.8 Å². The largest absolute Gasteiger partial charge is 0.326 e. The molecule has 118 valence electrons. The minimum absolute atomic E-state index is 0.0119. The van der Waals surface area contributed by atoms with E-state index in [2.05, 4.69) is 11.8 Å². The predicted octanol–water partition coefficient (Wildman–Crippen LogP) is 0.999. The van der Waals surface area contributed by atoms with Gasteiger partial charge in [0.25, 0.3) is 0 Å². The Kier molecular flexibility index (Phi) is 4.98. The molecule has 0 aromatic heterocycles. The zero-order valence-corrected chi connectivity index (χ0v) is 13.2. The van der Waals surface area contributed by atoms with E-state index in [-0.39, 0.29) is 23.0 Å². The summed E-state index contributed by atoms with van der Waals surface area (Å²) in [5, 5.41) is 0. The summed E-state index contributed by atoms with van der Waals surface area (Å²) in [5.74, 6) is -0.571. The van der Waals surface area contributed by atoms with E-state index in [1.807, 2.05) is 6.92 Å². The Morgan fingerprint density at radius 2 is 2.10 bits per heavy atom. The number of sulfonamides is 1. The normalized spacial score (nSPS) is 21.6. The number of piperazine rings is 1. The third-order valence-electron chi connectivity index (χ3n) is 4.03. The average Bonchev–Trinajstić information content (AvgIpc) is 2.46. The summed E-state index contributed by atoms with van der Waals surface area (Å²) in [6.07, 6.45) is 0. The number of halogens is 1. The van der Waals surface area contributed by atoms with Crippen LogP contribution >= 0.6 is 0 Å². The fourth-order valence-corrected chi connectivity index (χ4v) is 4.52. The zero-order chi connectivity index (χ0) is 15.6. The molecule has 5 nitrogen and oxygen atoms in total. The second kappa shape index (κ2) is 6.39. The molecule has 1 aliphatic rings. The van der Waals surface area contributed by atoms with Gasteiger partial charge in [-0.2, -0.15) is 4.31 Å². The molecule has 1 saturated heterocycles. The van der Waals surface area contributed by atoms with Gasteiger partial charge in [0, 0.05) is 37.8 Å². The first-order valence-corrected chi connectivity index (χ1v) is 8.57. The Morgan fingerprint density at radius 1 is 1.38 bits per heavy atom. The van der Waals surface area contributed by atoms with Gasteiger partial charge in [0.15, 0.2) is 0 Å². The number of hydrogen-bond acceptors (Lipinski definition) is 4. The number of rotatable bonds is 4. The number of likely N-dealkylation sites (N-methyl/N-ethyl adjacent to an activating group) is 1. The second-order valence-corrected chi connectivity index (χ2v) is 7.17. The highest BCUT2D eigenvalue weighted by molar-refractivity contribution is 7.89.